The van der Waals surface area contributed by atoms with Crippen LogP contribution in [0.4, 0.5) is 0 Å². The number of aromatic carboxylic acids is 1. The van der Waals surface area contributed by atoms with Crippen molar-refractivity contribution in [2.45, 2.75) is 25.2 Å². The van der Waals surface area contributed by atoms with Gasteiger partial charge < -0.3 is 9.84 Å². The van der Waals surface area contributed by atoms with Gasteiger partial charge >= 0.3 is 5.97 Å². The van der Waals surface area contributed by atoms with E-state index in [0.29, 0.717) is 17.8 Å². The van der Waals surface area contributed by atoms with Crippen molar-refractivity contribution in [3.05, 3.63) is 35.4 Å². The molecule has 3 heterocycles. The van der Waals surface area contributed by atoms with Crippen LogP contribution in [0.15, 0.2) is 24.3 Å². The summed E-state index contributed by atoms with van der Waals surface area (Å²) in [5, 5.41) is 8.81. The van der Waals surface area contributed by atoms with Gasteiger partial charge in [-0.05, 0) is 17.7 Å². The Hall–Kier alpha value is -1.39. The van der Waals surface area contributed by atoms with Crippen molar-refractivity contribution in [2.24, 2.45) is 0 Å². The highest BCUT2D eigenvalue weighted by molar-refractivity contribution is 5.87. The quantitative estimate of drug-likeness (QED) is 0.856. The molecule has 3 aliphatic rings. The Kier molecular flexibility index (Phi) is 2.61. The van der Waals surface area contributed by atoms with Crippen molar-refractivity contribution >= 4 is 5.97 Å². The average molecular weight is 233 g/mol. The van der Waals surface area contributed by atoms with Gasteiger partial charge in [-0.15, -0.1) is 0 Å². The van der Waals surface area contributed by atoms with Crippen LogP contribution in [0.25, 0.3) is 0 Å². The summed E-state index contributed by atoms with van der Waals surface area (Å²) in [6.45, 7) is 2.88. The number of hydrogen-bond acceptors (Lipinski definition) is 3. The Bertz CT molecular complexity index is 413. The second-order valence-electron chi connectivity index (χ2n) is 4.81. The van der Waals surface area contributed by atoms with Gasteiger partial charge in [0.15, 0.2) is 0 Å². The lowest BCUT2D eigenvalue weighted by Crippen LogP contribution is -2.56. The zero-order chi connectivity index (χ0) is 11.8. The van der Waals surface area contributed by atoms with Crippen LogP contribution in [-0.2, 0) is 11.3 Å². The van der Waals surface area contributed by atoms with E-state index in [1.165, 1.54) is 6.42 Å². The van der Waals surface area contributed by atoms with E-state index in [0.717, 1.165) is 25.2 Å². The average Bonchev–Trinajstić information content (AvgIpc) is 2.28. The normalized spacial score (nSPS) is 27.5. The SMILES string of the molecule is O=C(O)c1ccc(CN2CC3CC(C2)O3)cc1. The molecule has 2 bridgehead atoms. The first-order chi connectivity index (χ1) is 8.20. The fourth-order valence-corrected chi connectivity index (χ4v) is 2.58. The molecule has 2 unspecified atom stereocenters. The Morgan fingerprint density at radius 3 is 2.41 bits per heavy atom. The van der Waals surface area contributed by atoms with Crippen molar-refractivity contribution < 1.29 is 14.6 Å². The second kappa shape index (κ2) is 4.13. The van der Waals surface area contributed by atoms with E-state index in [1.54, 1.807) is 12.1 Å². The summed E-state index contributed by atoms with van der Waals surface area (Å²) in [5.74, 6) is -0.871. The van der Waals surface area contributed by atoms with Crippen molar-refractivity contribution in [1.29, 1.82) is 0 Å². The maximum Gasteiger partial charge on any atom is 0.335 e. The third-order valence-corrected chi connectivity index (χ3v) is 3.44. The fraction of sp³-hybridized carbons (Fsp3) is 0.462. The first-order valence-corrected chi connectivity index (χ1v) is 5.91. The second-order valence-corrected chi connectivity index (χ2v) is 4.81. The molecule has 1 N–H and O–H groups in total. The van der Waals surface area contributed by atoms with Crippen LogP contribution in [0, 0.1) is 0 Å². The molecule has 0 aliphatic carbocycles. The number of rotatable bonds is 3. The van der Waals surface area contributed by atoms with Crippen molar-refractivity contribution in [3.63, 3.8) is 0 Å². The van der Waals surface area contributed by atoms with Gasteiger partial charge in [-0.3, -0.25) is 4.90 Å². The zero-order valence-corrected chi connectivity index (χ0v) is 9.50. The van der Waals surface area contributed by atoms with Crippen LogP contribution in [0.3, 0.4) is 0 Å². The van der Waals surface area contributed by atoms with E-state index in [1.807, 2.05) is 12.1 Å². The summed E-state index contributed by atoms with van der Waals surface area (Å²) in [6, 6.07) is 7.12. The number of benzene rings is 1. The Morgan fingerprint density at radius 2 is 1.88 bits per heavy atom. The summed E-state index contributed by atoms with van der Waals surface area (Å²) in [7, 11) is 0. The van der Waals surface area contributed by atoms with Crippen molar-refractivity contribution in [1.82, 2.24) is 4.90 Å². The highest BCUT2D eigenvalue weighted by Gasteiger charge is 2.37. The lowest BCUT2D eigenvalue weighted by atomic mass is 9.98. The molecule has 90 valence electrons. The van der Waals surface area contributed by atoms with E-state index in [9.17, 15) is 4.79 Å². The molecule has 4 rings (SSSR count). The van der Waals surface area contributed by atoms with E-state index in [-0.39, 0.29) is 0 Å². The van der Waals surface area contributed by atoms with Crippen LogP contribution >= 0.6 is 0 Å². The van der Waals surface area contributed by atoms with Crippen LogP contribution < -0.4 is 0 Å². The molecule has 0 aromatic heterocycles. The van der Waals surface area contributed by atoms with Gasteiger partial charge in [-0.25, -0.2) is 4.79 Å². The molecule has 0 spiro atoms. The number of carbonyl (C=O) groups is 1. The molecule has 0 amide bonds. The summed E-state index contributed by atoms with van der Waals surface area (Å²) in [4.78, 5) is 13.1. The van der Waals surface area contributed by atoms with Gasteiger partial charge in [0.25, 0.3) is 0 Å². The van der Waals surface area contributed by atoms with Gasteiger partial charge in [0.2, 0.25) is 0 Å². The first-order valence-electron chi connectivity index (χ1n) is 5.91. The smallest absolute Gasteiger partial charge is 0.335 e. The van der Waals surface area contributed by atoms with E-state index >= 15 is 0 Å². The predicted molar refractivity (Wildman–Crippen MR) is 62.0 cm³/mol. The minimum atomic E-state index is -0.871. The minimum absolute atomic E-state index is 0.346. The van der Waals surface area contributed by atoms with E-state index in [4.69, 9.17) is 9.84 Å². The number of fused-ring (bicyclic) bond motifs is 2. The molecule has 4 nitrogen and oxygen atoms in total. The Balaban J connectivity index is 1.63. The van der Waals surface area contributed by atoms with Crippen molar-refractivity contribution in [3.8, 4) is 0 Å². The molecule has 3 aliphatic heterocycles. The number of carboxylic acids is 1. The van der Waals surface area contributed by atoms with Gasteiger partial charge in [-0.1, -0.05) is 12.1 Å². The fourth-order valence-electron chi connectivity index (χ4n) is 2.58. The third kappa shape index (κ3) is 2.18. The number of carboxylic acid groups (broad SMARTS) is 1. The highest BCUT2D eigenvalue weighted by Crippen LogP contribution is 2.28. The molecule has 0 saturated carbocycles. The number of ether oxygens (including phenoxy) is 1. The molecule has 1 aromatic carbocycles. The molecule has 1 aromatic rings. The van der Waals surface area contributed by atoms with Gasteiger partial charge in [0.1, 0.15) is 0 Å². The molecule has 3 fully saturated rings. The van der Waals surface area contributed by atoms with E-state index in [2.05, 4.69) is 4.90 Å². The topological polar surface area (TPSA) is 49.8 Å². The lowest BCUT2D eigenvalue weighted by Gasteiger charge is -2.47. The minimum Gasteiger partial charge on any atom is -0.478 e. The number of nitrogens with zero attached hydrogens (tertiary/aromatic N) is 1. The molecule has 3 saturated heterocycles. The number of morpholine rings is 1. The number of hydrogen-bond donors (Lipinski definition) is 1. The zero-order valence-electron chi connectivity index (χ0n) is 9.50. The standard InChI is InChI=1S/C13H15NO3/c15-13(16)10-3-1-9(2-4-10)6-14-7-11-5-12(8-14)17-11/h1-4,11-12H,5-8H2,(H,15,16). The van der Waals surface area contributed by atoms with Crippen molar-refractivity contribution in [2.75, 3.05) is 13.1 Å². The number of piperidine rings is 1. The monoisotopic (exact) mass is 233 g/mol. The van der Waals surface area contributed by atoms with Gasteiger partial charge in [-0.2, -0.15) is 0 Å². The summed E-state index contributed by atoms with van der Waals surface area (Å²) >= 11 is 0. The summed E-state index contributed by atoms with van der Waals surface area (Å²) < 4.78 is 5.57. The van der Waals surface area contributed by atoms with Gasteiger partial charge in [0.05, 0.1) is 17.8 Å². The van der Waals surface area contributed by atoms with Crippen LogP contribution in [0.2, 0.25) is 0 Å². The molecular formula is C13H15NO3. The Morgan fingerprint density at radius 1 is 1.29 bits per heavy atom. The molecule has 0 radical (unpaired) electrons. The van der Waals surface area contributed by atoms with Gasteiger partial charge in [0, 0.05) is 26.1 Å². The Labute approximate surface area is 99.8 Å². The van der Waals surface area contributed by atoms with Crippen LogP contribution in [0.5, 0.6) is 0 Å². The largest absolute Gasteiger partial charge is 0.478 e. The highest BCUT2D eigenvalue weighted by atomic mass is 16.5. The summed E-state index contributed by atoms with van der Waals surface area (Å²) in [6.07, 6.45) is 2.05. The molecule has 4 heteroatoms. The van der Waals surface area contributed by atoms with E-state index < -0.39 is 5.97 Å². The first kappa shape index (κ1) is 10.7. The molecular weight excluding hydrogens is 218 g/mol. The van der Waals surface area contributed by atoms with Crippen LogP contribution in [0.1, 0.15) is 22.3 Å². The maximum atomic E-state index is 10.7. The maximum absolute atomic E-state index is 10.7. The lowest BCUT2D eigenvalue weighted by molar-refractivity contribution is -0.182. The predicted octanol–water partition coefficient (Wildman–Crippen LogP) is 1.36. The third-order valence-electron chi connectivity index (χ3n) is 3.44. The summed E-state index contributed by atoms with van der Waals surface area (Å²) in [5.41, 5.74) is 1.51. The molecule has 17 heavy (non-hydrogen) atoms. The molecule has 2 atom stereocenters. The van der Waals surface area contributed by atoms with Crippen LogP contribution in [-0.4, -0.2) is 41.3 Å².